The first kappa shape index (κ1) is 15.3. The molecule has 1 aliphatic rings. The number of carboxylic acid groups (broad SMARTS) is 1. The first-order valence-corrected chi connectivity index (χ1v) is 7.18. The summed E-state index contributed by atoms with van der Waals surface area (Å²) >= 11 is 5.82. The van der Waals surface area contributed by atoms with Gasteiger partial charge in [-0.2, -0.15) is 0 Å². The number of halogens is 2. The largest absolute Gasteiger partial charge is 0.481 e. The van der Waals surface area contributed by atoms with Gasteiger partial charge in [0.05, 0.1) is 10.9 Å². The smallest absolute Gasteiger partial charge is 0.307 e. The van der Waals surface area contributed by atoms with E-state index in [0.29, 0.717) is 18.9 Å². The maximum Gasteiger partial charge on any atom is 0.307 e. The number of rotatable bonds is 3. The van der Waals surface area contributed by atoms with Crippen molar-refractivity contribution in [2.75, 3.05) is 13.1 Å². The zero-order chi connectivity index (χ0) is 14.9. The Labute approximate surface area is 123 Å². The van der Waals surface area contributed by atoms with E-state index in [-0.39, 0.29) is 17.0 Å². The molecule has 1 aromatic carbocycles. The lowest BCUT2D eigenvalue weighted by Crippen LogP contribution is -2.43. The van der Waals surface area contributed by atoms with Crippen molar-refractivity contribution in [3.05, 3.63) is 34.6 Å². The molecule has 1 aromatic rings. The van der Waals surface area contributed by atoms with Crippen LogP contribution in [0.2, 0.25) is 5.02 Å². The quantitative estimate of drug-likeness (QED) is 0.927. The van der Waals surface area contributed by atoms with Gasteiger partial charge in [-0.3, -0.25) is 9.69 Å². The summed E-state index contributed by atoms with van der Waals surface area (Å²) in [4.78, 5) is 13.3. The fraction of sp³-hybridized carbons (Fsp3) is 0.533. The van der Waals surface area contributed by atoms with Crippen LogP contribution in [0.5, 0.6) is 0 Å². The average molecular weight is 300 g/mol. The van der Waals surface area contributed by atoms with Gasteiger partial charge in [-0.1, -0.05) is 24.6 Å². The zero-order valence-electron chi connectivity index (χ0n) is 11.6. The summed E-state index contributed by atoms with van der Waals surface area (Å²) in [6.45, 7) is 5.43. The van der Waals surface area contributed by atoms with Crippen molar-refractivity contribution in [1.29, 1.82) is 0 Å². The first-order valence-electron chi connectivity index (χ1n) is 6.80. The molecule has 0 saturated carbocycles. The number of carbonyl (C=O) groups is 1. The monoisotopic (exact) mass is 299 g/mol. The van der Waals surface area contributed by atoms with Gasteiger partial charge in [-0.05, 0) is 37.0 Å². The summed E-state index contributed by atoms with van der Waals surface area (Å²) in [7, 11) is 0. The normalized spacial score (nSPS) is 25.4. The van der Waals surface area contributed by atoms with Crippen molar-refractivity contribution < 1.29 is 14.3 Å². The number of benzene rings is 1. The Hall–Kier alpha value is -1.13. The van der Waals surface area contributed by atoms with Gasteiger partial charge in [0.1, 0.15) is 5.82 Å². The van der Waals surface area contributed by atoms with Gasteiger partial charge in [0.25, 0.3) is 0 Å². The molecule has 1 fully saturated rings. The number of nitrogens with zero attached hydrogens (tertiary/aromatic N) is 1. The molecule has 3 unspecified atom stereocenters. The Bertz CT molecular complexity index is 509. The highest BCUT2D eigenvalue weighted by atomic mass is 35.5. The van der Waals surface area contributed by atoms with Crippen molar-refractivity contribution in [3.8, 4) is 0 Å². The van der Waals surface area contributed by atoms with Gasteiger partial charge >= 0.3 is 5.97 Å². The minimum atomic E-state index is -0.745. The SMILES string of the molecule is CC1CC(C(=O)O)CN(C(C)c2ccc(F)c(Cl)c2)C1. The maximum absolute atomic E-state index is 13.2. The van der Waals surface area contributed by atoms with Crippen LogP contribution in [0.25, 0.3) is 0 Å². The molecule has 1 saturated heterocycles. The highest BCUT2D eigenvalue weighted by Crippen LogP contribution is 2.30. The Morgan fingerprint density at radius 3 is 2.80 bits per heavy atom. The van der Waals surface area contributed by atoms with Gasteiger partial charge in [0, 0.05) is 19.1 Å². The summed E-state index contributed by atoms with van der Waals surface area (Å²) < 4.78 is 13.2. The van der Waals surface area contributed by atoms with Crippen LogP contribution in [0.4, 0.5) is 4.39 Å². The van der Waals surface area contributed by atoms with Crippen molar-refractivity contribution in [1.82, 2.24) is 4.90 Å². The summed E-state index contributed by atoms with van der Waals surface area (Å²) in [5, 5.41) is 9.32. The summed E-state index contributed by atoms with van der Waals surface area (Å²) in [6, 6.07) is 4.71. The molecule has 5 heteroatoms. The van der Waals surface area contributed by atoms with Crippen LogP contribution < -0.4 is 0 Å². The second-order valence-corrected chi connectivity index (χ2v) is 6.09. The molecule has 3 nitrogen and oxygen atoms in total. The second kappa shape index (κ2) is 6.10. The summed E-state index contributed by atoms with van der Waals surface area (Å²) in [5.74, 6) is -1.18. The van der Waals surface area contributed by atoms with Gasteiger partial charge < -0.3 is 5.11 Å². The molecule has 0 aliphatic carbocycles. The van der Waals surface area contributed by atoms with Crippen LogP contribution in [0, 0.1) is 17.7 Å². The Kier molecular flexibility index (Phi) is 4.66. The molecule has 0 radical (unpaired) electrons. The molecule has 1 aliphatic heterocycles. The van der Waals surface area contributed by atoms with E-state index in [1.54, 1.807) is 12.1 Å². The average Bonchev–Trinajstić information content (AvgIpc) is 2.40. The lowest BCUT2D eigenvalue weighted by molar-refractivity contribution is -0.144. The van der Waals surface area contributed by atoms with Crippen LogP contribution in [0.1, 0.15) is 31.9 Å². The lowest BCUT2D eigenvalue weighted by atomic mass is 9.89. The van der Waals surface area contributed by atoms with Crippen LogP contribution in [0.3, 0.4) is 0 Å². The van der Waals surface area contributed by atoms with E-state index in [1.807, 2.05) is 6.92 Å². The molecule has 20 heavy (non-hydrogen) atoms. The topological polar surface area (TPSA) is 40.5 Å². The van der Waals surface area contributed by atoms with Crippen molar-refractivity contribution in [3.63, 3.8) is 0 Å². The van der Waals surface area contributed by atoms with E-state index in [2.05, 4.69) is 11.8 Å². The Balaban J connectivity index is 2.16. The number of likely N-dealkylation sites (tertiary alicyclic amines) is 1. The van der Waals surface area contributed by atoms with Crippen molar-refractivity contribution >= 4 is 17.6 Å². The second-order valence-electron chi connectivity index (χ2n) is 5.68. The molecular weight excluding hydrogens is 281 g/mol. The number of aliphatic carboxylic acids is 1. The van der Waals surface area contributed by atoms with Crippen molar-refractivity contribution in [2.24, 2.45) is 11.8 Å². The Morgan fingerprint density at radius 1 is 1.50 bits per heavy atom. The molecule has 3 atom stereocenters. The minimum absolute atomic E-state index is 0.0256. The highest BCUT2D eigenvalue weighted by Gasteiger charge is 2.32. The number of hydrogen-bond donors (Lipinski definition) is 1. The fourth-order valence-electron chi connectivity index (χ4n) is 2.87. The third kappa shape index (κ3) is 3.30. The van der Waals surface area contributed by atoms with E-state index in [4.69, 9.17) is 11.6 Å². The van der Waals surface area contributed by atoms with Gasteiger partial charge in [-0.25, -0.2) is 4.39 Å². The molecule has 0 bridgehead atoms. The van der Waals surface area contributed by atoms with Gasteiger partial charge in [0.2, 0.25) is 0 Å². The minimum Gasteiger partial charge on any atom is -0.481 e. The molecule has 0 spiro atoms. The highest BCUT2D eigenvalue weighted by molar-refractivity contribution is 6.30. The van der Waals surface area contributed by atoms with Gasteiger partial charge in [-0.15, -0.1) is 0 Å². The van der Waals surface area contributed by atoms with Crippen LogP contribution in [-0.2, 0) is 4.79 Å². The van der Waals surface area contributed by atoms with Crippen LogP contribution >= 0.6 is 11.6 Å². The molecule has 1 N–H and O–H groups in total. The van der Waals surface area contributed by atoms with Gasteiger partial charge in [0.15, 0.2) is 0 Å². The molecule has 1 heterocycles. The molecular formula is C15H19ClFNO2. The fourth-order valence-corrected chi connectivity index (χ4v) is 3.06. The van der Waals surface area contributed by atoms with E-state index in [0.717, 1.165) is 12.1 Å². The van der Waals surface area contributed by atoms with E-state index in [1.165, 1.54) is 6.07 Å². The molecule has 0 amide bonds. The summed E-state index contributed by atoms with van der Waals surface area (Å²) in [6.07, 6.45) is 0.711. The number of piperidine rings is 1. The van der Waals surface area contributed by atoms with Crippen LogP contribution in [-0.4, -0.2) is 29.1 Å². The maximum atomic E-state index is 13.2. The predicted octanol–water partition coefficient (Wildman–Crippen LogP) is 3.58. The van der Waals surface area contributed by atoms with E-state index >= 15 is 0 Å². The first-order chi connectivity index (χ1) is 9.38. The predicted molar refractivity (Wildman–Crippen MR) is 76.3 cm³/mol. The van der Waals surface area contributed by atoms with E-state index < -0.39 is 11.8 Å². The standard InChI is InChI=1S/C15H19ClFNO2/c1-9-5-12(15(19)20)8-18(7-9)10(2)11-3-4-14(17)13(16)6-11/h3-4,6,9-10,12H,5,7-8H2,1-2H3,(H,19,20). The molecule has 0 aromatic heterocycles. The van der Waals surface area contributed by atoms with Crippen molar-refractivity contribution in [2.45, 2.75) is 26.3 Å². The molecule has 2 rings (SSSR count). The van der Waals surface area contributed by atoms with E-state index in [9.17, 15) is 14.3 Å². The third-order valence-electron chi connectivity index (χ3n) is 4.01. The Morgan fingerprint density at radius 2 is 2.20 bits per heavy atom. The zero-order valence-corrected chi connectivity index (χ0v) is 12.4. The molecule has 110 valence electrons. The van der Waals surface area contributed by atoms with Crippen LogP contribution in [0.15, 0.2) is 18.2 Å². The third-order valence-corrected chi connectivity index (χ3v) is 4.30. The number of carboxylic acids is 1. The number of hydrogen-bond acceptors (Lipinski definition) is 2. The lowest BCUT2D eigenvalue weighted by Gasteiger charge is -2.38. The summed E-state index contributed by atoms with van der Waals surface area (Å²) in [5.41, 5.74) is 0.912.